The Labute approximate surface area is 103 Å². The van der Waals surface area contributed by atoms with Crippen molar-refractivity contribution in [2.45, 2.75) is 44.2 Å². The van der Waals surface area contributed by atoms with Crippen LogP contribution in [0.1, 0.15) is 37.7 Å². The Hall–Kier alpha value is -1.15. The van der Waals surface area contributed by atoms with Crippen LogP contribution in [0.2, 0.25) is 0 Å². The lowest BCUT2D eigenvalue weighted by molar-refractivity contribution is 0.743. The molecule has 2 atom stereocenters. The van der Waals surface area contributed by atoms with E-state index < -0.39 is 0 Å². The molecule has 2 aliphatic carbocycles. The average Bonchev–Trinajstić information content (AvgIpc) is 3.23. The summed E-state index contributed by atoms with van der Waals surface area (Å²) in [5.74, 6) is 0.727. The van der Waals surface area contributed by atoms with Gasteiger partial charge >= 0.3 is 0 Å². The molecule has 1 N–H and O–H groups in total. The fourth-order valence-corrected chi connectivity index (χ4v) is 2.33. The van der Waals surface area contributed by atoms with Crippen molar-refractivity contribution in [3.63, 3.8) is 0 Å². The first-order valence-corrected chi connectivity index (χ1v) is 6.64. The molecule has 0 saturated heterocycles. The Bertz CT molecular complexity index is 406. The fraction of sp³-hybridized carbons (Fsp3) is 0.533. The summed E-state index contributed by atoms with van der Waals surface area (Å²) in [6, 6.07) is 12.1. The molecule has 3 rings (SSSR count). The highest BCUT2D eigenvalue weighted by atomic mass is 15.0. The standard InChI is InChI=1S/C15H20N2/c1-11(17-13-7-8-13)10-16-15-9-14(15)12-5-3-2-4-6-12/h2-6,13-16H,7-10H2,1H3. The second-order valence-electron chi connectivity index (χ2n) is 5.34. The normalized spacial score (nSPS) is 28.2. The van der Waals surface area contributed by atoms with Crippen molar-refractivity contribution < 1.29 is 0 Å². The zero-order valence-corrected chi connectivity index (χ0v) is 10.4. The highest BCUT2D eigenvalue weighted by molar-refractivity contribution is 5.84. The first kappa shape index (κ1) is 11.0. The zero-order chi connectivity index (χ0) is 11.7. The Morgan fingerprint density at radius 2 is 2.06 bits per heavy atom. The number of nitrogens with one attached hydrogen (secondary N) is 1. The first-order valence-electron chi connectivity index (χ1n) is 6.64. The number of aliphatic imine (C=N–C) groups is 1. The van der Waals surface area contributed by atoms with Crippen LogP contribution in [0.3, 0.4) is 0 Å². The Balaban J connectivity index is 1.46. The summed E-state index contributed by atoms with van der Waals surface area (Å²) in [4.78, 5) is 4.64. The largest absolute Gasteiger partial charge is 0.308 e. The van der Waals surface area contributed by atoms with Crippen LogP contribution in [0, 0.1) is 0 Å². The lowest BCUT2D eigenvalue weighted by Gasteiger charge is -2.04. The molecule has 1 aromatic rings. The minimum Gasteiger partial charge on any atom is -0.308 e. The van der Waals surface area contributed by atoms with Crippen LogP contribution in [-0.4, -0.2) is 24.3 Å². The quantitative estimate of drug-likeness (QED) is 0.770. The minimum absolute atomic E-state index is 0.654. The molecule has 2 fully saturated rings. The molecule has 0 spiro atoms. The van der Waals surface area contributed by atoms with Crippen molar-refractivity contribution in [1.82, 2.24) is 5.32 Å². The van der Waals surface area contributed by atoms with E-state index in [4.69, 9.17) is 0 Å². The second kappa shape index (κ2) is 4.61. The zero-order valence-electron chi connectivity index (χ0n) is 10.4. The summed E-state index contributed by atoms with van der Waals surface area (Å²) in [5.41, 5.74) is 2.74. The van der Waals surface area contributed by atoms with Crippen molar-refractivity contribution in [2.24, 2.45) is 4.99 Å². The molecule has 0 radical (unpaired) electrons. The maximum absolute atomic E-state index is 4.64. The highest BCUT2D eigenvalue weighted by Gasteiger charge is 2.37. The number of nitrogens with zero attached hydrogens (tertiary/aromatic N) is 1. The molecule has 17 heavy (non-hydrogen) atoms. The Kier molecular flexibility index (Phi) is 2.98. The van der Waals surface area contributed by atoms with Gasteiger partial charge < -0.3 is 5.32 Å². The van der Waals surface area contributed by atoms with Crippen molar-refractivity contribution in [3.05, 3.63) is 35.9 Å². The predicted octanol–water partition coefficient (Wildman–Crippen LogP) is 2.76. The average molecular weight is 228 g/mol. The maximum Gasteiger partial charge on any atom is 0.0501 e. The van der Waals surface area contributed by atoms with Gasteiger partial charge in [-0.3, -0.25) is 4.99 Å². The molecule has 2 saturated carbocycles. The van der Waals surface area contributed by atoms with Crippen LogP contribution in [0.15, 0.2) is 35.3 Å². The second-order valence-corrected chi connectivity index (χ2v) is 5.34. The van der Waals surface area contributed by atoms with Crippen molar-refractivity contribution >= 4 is 5.71 Å². The Morgan fingerprint density at radius 1 is 1.29 bits per heavy atom. The maximum atomic E-state index is 4.64. The molecule has 2 aliphatic rings. The third kappa shape index (κ3) is 2.95. The van der Waals surface area contributed by atoms with E-state index in [2.05, 4.69) is 47.6 Å². The molecule has 2 heteroatoms. The van der Waals surface area contributed by atoms with E-state index in [-0.39, 0.29) is 0 Å². The summed E-state index contributed by atoms with van der Waals surface area (Å²) >= 11 is 0. The molecule has 2 unspecified atom stereocenters. The molecular formula is C15H20N2. The molecular weight excluding hydrogens is 208 g/mol. The van der Waals surface area contributed by atoms with E-state index in [0.717, 1.165) is 12.5 Å². The van der Waals surface area contributed by atoms with Crippen molar-refractivity contribution in [3.8, 4) is 0 Å². The van der Waals surface area contributed by atoms with E-state index >= 15 is 0 Å². The van der Waals surface area contributed by atoms with Gasteiger partial charge in [0.05, 0.1) is 6.04 Å². The first-order chi connectivity index (χ1) is 8.33. The van der Waals surface area contributed by atoms with Gasteiger partial charge in [-0.25, -0.2) is 0 Å². The van der Waals surface area contributed by atoms with Crippen molar-refractivity contribution in [2.75, 3.05) is 6.54 Å². The number of rotatable bonds is 5. The third-order valence-corrected chi connectivity index (χ3v) is 3.59. The summed E-state index contributed by atoms with van der Waals surface area (Å²) < 4.78 is 0. The highest BCUT2D eigenvalue weighted by Crippen LogP contribution is 2.40. The number of hydrogen-bond donors (Lipinski definition) is 1. The topological polar surface area (TPSA) is 24.4 Å². The smallest absolute Gasteiger partial charge is 0.0501 e. The van der Waals surface area contributed by atoms with Crippen LogP contribution in [0.5, 0.6) is 0 Å². The van der Waals surface area contributed by atoms with Gasteiger partial charge in [0.15, 0.2) is 0 Å². The molecule has 0 aliphatic heterocycles. The third-order valence-electron chi connectivity index (χ3n) is 3.59. The van der Waals surface area contributed by atoms with Gasteiger partial charge in [0.2, 0.25) is 0 Å². The monoisotopic (exact) mass is 228 g/mol. The van der Waals surface area contributed by atoms with Gasteiger partial charge in [0.25, 0.3) is 0 Å². The SMILES string of the molecule is CC(CNC1CC1c1ccccc1)=NC1CC1. The molecule has 0 aromatic heterocycles. The lowest BCUT2D eigenvalue weighted by Crippen LogP contribution is -2.24. The number of hydrogen-bond acceptors (Lipinski definition) is 2. The number of benzene rings is 1. The molecule has 0 amide bonds. The van der Waals surface area contributed by atoms with Crippen LogP contribution < -0.4 is 5.32 Å². The summed E-state index contributed by atoms with van der Waals surface area (Å²) in [6.07, 6.45) is 3.88. The van der Waals surface area contributed by atoms with E-state index in [1.807, 2.05) is 0 Å². The van der Waals surface area contributed by atoms with Crippen LogP contribution in [0.4, 0.5) is 0 Å². The van der Waals surface area contributed by atoms with Crippen LogP contribution >= 0.6 is 0 Å². The molecule has 2 nitrogen and oxygen atoms in total. The fourth-order valence-electron chi connectivity index (χ4n) is 2.33. The van der Waals surface area contributed by atoms with Gasteiger partial charge in [-0.1, -0.05) is 30.3 Å². The van der Waals surface area contributed by atoms with E-state index in [0.29, 0.717) is 12.1 Å². The van der Waals surface area contributed by atoms with Gasteiger partial charge in [-0.05, 0) is 31.7 Å². The van der Waals surface area contributed by atoms with E-state index in [9.17, 15) is 0 Å². The summed E-state index contributed by atoms with van der Waals surface area (Å²) in [5, 5.41) is 3.61. The summed E-state index contributed by atoms with van der Waals surface area (Å²) in [7, 11) is 0. The molecule has 0 bridgehead atoms. The van der Waals surface area contributed by atoms with Crippen LogP contribution in [0.25, 0.3) is 0 Å². The Morgan fingerprint density at radius 3 is 2.76 bits per heavy atom. The van der Waals surface area contributed by atoms with Crippen molar-refractivity contribution in [1.29, 1.82) is 0 Å². The minimum atomic E-state index is 0.654. The molecule has 90 valence electrons. The summed E-state index contributed by atoms with van der Waals surface area (Å²) in [6.45, 7) is 3.11. The van der Waals surface area contributed by atoms with E-state index in [1.54, 1.807) is 0 Å². The van der Waals surface area contributed by atoms with Gasteiger partial charge in [-0.15, -0.1) is 0 Å². The molecule has 0 heterocycles. The lowest BCUT2D eigenvalue weighted by atomic mass is 10.1. The van der Waals surface area contributed by atoms with Gasteiger partial charge in [-0.2, -0.15) is 0 Å². The predicted molar refractivity (Wildman–Crippen MR) is 71.7 cm³/mol. The van der Waals surface area contributed by atoms with Crippen LogP contribution in [-0.2, 0) is 0 Å². The van der Waals surface area contributed by atoms with Gasteiger partial charge in [0, 0.05) is 24.2 Å². The van der Waals surface area contributed by atoms with Gasteiger partial charge in [0.1, 0.15) is 0 Å². The van der Waals surface area contributed by atoms with E-state index in [1.165, 1.54) is 30.5 Å². The molecule has 1 aromatic carbocycles.